The Balaban J connectivity index is 1.38. The van der Waals surface area contributed by atoms with Crippen molar-refractivity contribution in [3.63, 3.8) is 0 Å². The van der Waals surface area contributed by atoms with Gasteiger partial charge in [-0.25, -0.2) is 4.79 Å². The summed E-state index contributed by atoms with van der Waals surface area (Å²) in [7, 11) is 0. The van der Waals surface area contributed by atoms with Crippen molar-refractivity contribution < 1.29 is 23.9 Å². The molecule has 0 saturated carbocycles. The molecular formula is C21H30N4O5. The van der Waals surface area contributed by atoms with Gasteiger partial charge in [0.05, 0.1) is 6.54 Å². The average molecular weight is 418 g/mol. The van der Waals surface area contributed by atoms with Crippen LogP contribution < -0.4 is 20.1 Å². The number of nitrogens with zero attached hydrogens (tertiary/aromatic N) is 2. The lowest BCUT2D eigenvalue weighted by Crippen LogP contribution is -2.55. The van der Waals surface area contributed by atoms with E-state index in [1.807, 2.05) is 23.1 Å². The molecule has 164 valence electrons. The molecular weight excluding hydrogens is 388 g/mol. The minimum atomic E-state index is -0.663. The molecule has 1 saturated heterocycles. The number of ether oxygens (including phenoxy) is 2. The zero-order valence-corrected chi connectivity index (χ0v) is 17.6. The quantitative estimate of drug-likeness (QED) is 0.710. The number of amides is 4. The smallest absolute Gasteiger partial charge is 0.321 e. The second-order valence-corrected chi connectivity index (χ2v) is 7.95. The molecule has 0 unspecified atom stereocenters. The van der Waals surface area contributed by atoms with E-state index in [0.29, 0.717) is 50.1 Å². The van der Waals surface area contributed by atoms with Crippen molar-refractivity contribution >= 4 is 17.8 Å². The first kappa shape index (κ1) is 21.9. The Hall–Kier alpha value is -2.81. The Labute approximate surface area is 176 Å². The molecule has 3 rings (SSSR count). The molecule has 0 spiro atoms. The van der Waals surface area contributed by atoms with Gasteiger partial charge < -0.3 is 19.7 Å². The highest BCUT2D eigenvalue weighted by Gasteiger charge is 2.32. The van der Waals surface area contributed by atoms with Crippen molar-refractivity contribution in [1.82, 2.24) is 20.4 Å². The molecule has 0 radical (unpaired) electrons. The highest BCUT2D eigenvalue weighted by Crippen LogP contribution is 2.31. The molecule has 1 aromatic carbocycles. The molecule has 0 bridgehead atoms. The molecule has 4 amide bonds. The first-order valence-electron chi connectivity index (χ1n) is 10.4. The highest BCUT2D eigenvalue weighted by molar-refractivity contribution is 5.95. The molecule has 1 fully saturated rings. The summed E-state index contributed by atoms with van der Waals surface area (Å²) in [6, 6.07) is 6.82. The third-order valence-electron chi connectivity index (χ3n) is 5.10. The number of hydrogen-bond donors (Lipinski definition) is 2. The monoisotopic (exact) mass is 418 g/mol. The van der Waals surface area contributed by atoms with Gasteiger partial charge >= 0.3 is 6.03 Å². The zero-order chi connectivity index (χ0) is 21.5. The lowest BCUT2D eigenvalue weighted by atomic mass is 10.1. The number of imide groups is 1. The maximum Gasteiger partial charge on any atom is 0.321 e. The van der Waals surface area contributed by atoms with Gasteiger partial charge in [-0.1, -0.05) is 26.0 Å². The van der Waals surface area contributed by atoms with Crippen molar-refractivity contribution in [2.75, 3.05) is 45.9 Å². The summed E-state index contributed by atoms with van der Waals surface area (Å²) in [5, 5.41) is 5.03. The largest absolute Gasteiger partial charge is 0.485 e. The first-order valence-corrected chi connectivity index (χ1v) is 10.4. The van der Waals surface area contributed by atoms with Crippen LogP contribution in [0.2, 0.25) is 0 Å². The maximum atomic E-state index is 12.8. The standard InChI is InChI=1S/C21H30N4O5/c1-15(2)7-8-22-21(28)23-19(26)13-24-9-11-25(12-10-24)20(27)18-14-29-16-5-3-4-6-17(16)30-18/h3-6,15,18H,7-14H2,1-2H3,(H2,22,23,26,28)/t18-/m1/s1. The van der Waals surface area contributed by atoms with Crippen LogP contribution in [0, 0.1) is 5.92 Å². The second-order valence-electron chi connectivity index (χ2n) is 7.95. The van der Waals surface area contributed by atoms with E-state index in [1.165, 1.54) is 0 Å². The van der Waals surface area contributed by atoms with Crippen LogP contribution in [0.25, 0.3) is 0 Å². The van der Waals surface area contributed by atoms with E-state index in [1.54, 1.807) is 11.0 Å². The summed E-state index contributed by atoms with van der Waals surface area (Å²) < 4.78 is 11.4. The molecule has 9 heteroatoms. The molecule has 2 heterocycles. The third kappa shape index (κ3) is 6.09. The summed E-state index contributed by atoms with van der Waals surface area (Å²) in [5.74, 6) is 1.24. The van der Waals surface area contributed by atoms with Crippen LogP contribution in [-0.4, -0.2) is 79.6 Å². The van der Waals surface area contributed by atoms with Crippen LogP contribution in [0.5, 0.6) is 11.5 Å². The van der Waals surface area contributed by atoms with Crippen LogP contribution in [0.1, 0.15) is 20.3 Å². The lowest BCUT2D eigenvalue weighted by Gasteiger charge is -2.36. The Morgan fingerprint density at radius 3 is 2.50 bits per heavy atom. The van der Waals surface area contributed by atoms with Gasteiger partial charge in [0, 0.05) is 32.7 Å². The topological polar surface area (TPSA) is 100 Å². The van der Waals surface area contributed by atoms with Gasteiger partial charge in [-0.2, -0.15) is 0 Å². The van der Waals surface area contributed by atoms with Gasteiger partial charge in [0.1, 0.15) is 6.61 Å². The van der Waals surface area contributed by atoms with E-state index in [2.05, 4.69) is 24.5 Å². The Morgan fingerprint density at radius 2 is 1.80 bits per heavy atom. The fourth-order valence-electron chi connectivity index (χ4n) is 3.36. The number of urea groups is 1. The summed E-state index contributed by atoms with van der Waals surface area (Å²) >= 11 is 0. The van der Waals surface area contributed by atoms with Gasteiger partial charge in [0.2, 0.25) is 12.0 Å². The average Bonchev–Trinajstić information content (AvgIpc) is 2.73. The van der Waals surface area contributed by atoms with Crippen molar-refractivity contribution in [3.8, 4) is 11.5 Å². The highest BCUT2D eigenvalue weighted by atomic mass is 16.6. The van der Waals surface area contributed by atoms with Gasteiger partial charge in [0.25, 0.3) is 5.91 Å². The molecule has 30 heavy (non-hydrogen) atoms. The normalized spacial score (nSPS) is 18.8. The van der Waals surface area contributed by atoms with Gasteiger partial charge in [0.15, 0.2) is 11.5 Å². The number of hydrogen-bond acceptors (Lipinski definition) is 6. The minimum absolute atomic E-state index is 0.113. The fourth-order valence-corrected chi connectivity index (χ4v) is 3.36. The van der Waals surface area contributed by atoms with Gasteiger partial charge in [-0.3, -0.25) is 19.8 Å². The van der Waals surface area contributed by atoms with Crippen LogP contribution in [0.4, 0.5) is 4.79 Å². The third-order valence-corrected chi connectivity index (χ3v) is 5.10. The number of benzene rings is 1. The molecule has 2 aliphatic rings. The van der Waals surface area contributed by atoms with Crippen LogP contribution in [-0.2, 0) is 9.59 Å². The number of carbonyl (C=O) groups is 3. The predicted octanol–water partition coefficient (Wildman–Crippen LogP) is 0.843. The Morgan fingerprint density at radius 1 is 1.10 bits per heavy atom. The van der Waals surface area contributed by atoms with E-state index in [4.69, 9.17) is 9.47 Å². The zero-order valence-electron chi connectivity index (χ0n) is 17.6. The van der Waals surface area contributed by atoms with E-state index < -0.39 is 12.1 Å². The molecule has 2 N–H and O–H groups in total. The number of nitrogens with one attached hydrogen (secondary N) is 2. The minimum Gasteiger partial charge on any atom is -0.485 e. The van der Waals surface area contributed by atoms with Crippen LogP contribution in [0.15, 0.2) is 24.3 Å². The van der Waals surface area contributed by atoms with E-state index in [-0.39, 0.29) is 25.0 Å². The summed E-state index contributed by atoms with van der Waals surface area (Å²) in [4.78, 5) is 40.2. The van der Waals surface area contributed by atoms with E-state index in [0.717, 1.165) is 6.42 Å². The van der Waals surface area contributed by atoms with Crippen molar-refractivity contribution in [1.29, 1.82) is 0 Å². The SMILES string of the molecule is CC(C)CCNC(=O)NC(=O)CN1CCN(C(=O)[C@H]2COc3ccccc3O2)CC1. The predicted molar refractivity (Wildman–Crippen MR) is 110 cm³/mol. The summed E-state index contributed by atoms with van der Waals surface area (Å²) in [5.41, 5.74) is 0. The van der Waals surface area contributed by atoms with E-state index in [9.17, 15) is 14.4 Å². The first-order chi connectivity index (χ1) is 14.4. The summed E-state index contributed by atoms with van der Waals surface area (Å²) in [6.45, 7) is 7.08. The Bertz CT molecular complexity index is 762. The number of para-hydroxylation sites is 2. The molecule has 9 nitrogen and oxygen atoms in total. The number of fused-ring (bicyclic) bond motifs is 1. The lowest BCUT2D eigenvalue weighted by molar-refractivity contribution is -0.143. The number of piperazine rings is 1. The second kappa shape index (κ2) is 10.3. The van der Waals surface area contributed by atoms with Crippen LogP contribution >= 0.6 is 0 Å². The Kier molecular flexibility index (Phi) is 7.51. The van der Waals surface area contributed by atoms with Gasteiger partial charge in [-0.05, 0) is 24.5 Å². The number of carbonyl (C=O) groups excluding carboxylic acids is 3. The van der Waals surface area contributed by atoms with Crippen LogP contribution in [0.3, 0.4) is 0 Å². The molecule has 1 aromatic rings. The van der Waals surface area contributed by atoms with E-state index >= 15 is 0 Å². The molecule has 0 aliphatic carbocycles. The fraction of sp³-hybridized carbons (Fsp3) is 0.571. The van der Waals surface area contributed by atoms with Gasteiger partial charge in [-0.15, -0.1) is 0 Å². The maximum absolute atomic E-state index is 12.8. The molecule has 2 aliphatic heterocycles. The molecule has 1 atom stereocenters. The van der Waals surface area contributed by atoms with Crippen molar-refractivity contribution in [3.05, 3.63) is 24.3 Å². The van der Waals surface area contributed by atoms with Crippen molar-refractivity contribution in [2.45, 2.75) is 26.4 Å². The van der Waals surface area contributed by atoms with Crippen molar-refractivity contribution in [2.24, 2.45) is 5.92 Å². The summed E-state index contributed by atoms with van der Waals surface area (Å²) in [6.07, 6.45) is 0.197. The number of rotatable bonds is 6. The molecule has 0 aromatic heterocycles.